The van der Waals surface area contributed by atoms with Crippen LogP contribution in [0.3, 0.4) is 0 Å². The number of aromatic hydroxyl groups is 1. The van der Waals surface area contributed by atoms with E-state index in [1.165, 1.54) is 38.8 Å². The number of rotatable bonds is 3. The van der Waals surface area contributed by atoms with E-state index in [1.54, 1.807) is 6.07 Å². The average molecular weight is 260 g/mol. The van der Waals surface area contributed by atoms with E-state index in [9.17, 15) is 5.11 Å². The summed E-state index contributed by atoms with van der Waals surface area (Å²) in [5.41, 5.74) is 1.01. The highest BCUT2D eigenvalue weighted by Gasteiger charge is 2.32. The third kappa shape index (κ3) is 2.77. The summed E-state index contributed by atoms with van der Waals surface area (Å²) in [5, 5.41) is 13.6. The third-order valence-electron chi connectivity index (χ3n) is 4.71. The monoisotopic (exact) mass is 260 g/mol. The first-order valence-electron chi connectivity index (χ1n) is 7.52. The molecule has 0 spiro atoms. The van der Waals surface area contributed by atoms with E-state index in [0.717, 1.165) is 11.6 Å². The van der Waals surface area contributed by atoms with Crippen LogP contribution in [0, 0.1) is 0 Å². The second-order valence-electron chi connectivity index (χ2n) is 6.00. The Bertz CT molecular complexity index is 435. The van der Waals surface area contributed by atoms with Gasteiger partial charge in [0, 0.05) is 23.7 Å². The fraction of sp³-hybridized carbons (Fsp3) is 0.625. The molecule has 0 amide bonds. The van der Waals surface area contributed by atoms with Gasteiger partial charge in [-0.1, -0.05) is 18.2 Å². The first kappa shape index (κ1) is 12.9. The molecule has 19 heavy (non-hydrogen) atoms. The summed E-state index contributed by atoms with van der Waals surface area (Å²) in [5.74, 6) is 0.404. The number of hydrogen-bond donors (Lipinski definition) is 2. The van der Waals surface area contributed by atoms with Crippen molar-refractivity contribution in [2.75, 3.05) is 13.1 Å². The molecular formula is C16H24N2O. The molecule has 104 valence electrons. The Morgan fingerprint density at radius 3 is 2.95 bits per heavy atom. The van der Waals surface area contributed by atoms with Gasteiger partial charge in [-0.05, 0) is 51.8 Å². The number of benzene rings is 1. The molecule has 2 heterocycles. The Morgan fingerprint density at radius 2 is 2.11 bits per heavy atom. The van der Waals surface area contributed by atoms with Crippen molar-refractivity contribution in [3.63, 3.8) is 0 Å². The van der Waals surface area contributed by atoms with Crippen molar-refractivity contribution in [3.05, 3.63) is 29.8 Å². The quantitative estimate of drug-likeness (QED) is 0.877. The van der Waals surface area contributed by atoms with Crippen LogP contribution in [0.15, 0.2) is 24.3 Å². The van der Waals surface area contributed by atoms with Gasteiger partial charge in [-0.3, -0.25) is 0 Å². The SMILES string of the molecule is CC(NC1CCN2CCCC2C1)c1ccccc1O. The zero-order valence-corrected chi connectivity index (χ0v) is 11.7. The van der Waals surface area contributed by atoms with Crippen molar-refractivity contribution in [2.45, 2.75) is 50.7 Å². The Labute approximate surface area is 115 Å². The van der Waals surface area contributed by atoms with Crippen LogP contribution in [0.25, 0.3) is 0 Å². The summed E-state index contributed by atoms with van der Waals surface area (Å²) < 4.78 is 0. The Balaban J connectivity index is 1.61. The minimum Gasteiger partial charge on any atom is -0.508 e. The van der Waals surface area contributed by atoms with Gasteiger partial charge in [0.2, 0.25) is 0 Å². The number of nitrogens with one attached hydrogen (secondary N) is 1. The number of piperidine rings is 1. The fourth-order valence-corrected chi connectivity index (χ4v) is 3.67. The maximum absolute atomic E-state index is 9.91. The minimum absolute atomic E-state index is 0.221. The molecule has 3 atom stereocenters. The molecule has 0 radical (unpaired) electrons. The van der Waals surface area contributed by atoms with Crippen molar-refractivity contribution in [1.82, 2.24) is 10.2 Å². The molecular weight excluding hydrogens is 236 g/mol. The molecule has 0 bridgehead atoms. The number of phenols is 1. The van der Waals surface area contributed by atoms with Crippen LogP contribution in [0.4, 0.5) is 0 Å². The van der Waals surface area contributed by atoms with E-state index in [0.29, 0.717) is 11.8 Å². The van der Waals surface area contributed by atoms with Gasteiger partial charge >= 0.3 is 0 Å². The van der Waals surface area contributed by atoms with Crippen LogP contribution in [0.5, 0.6) is 5.75 Å². The van der Waals surface area contributed by atoms with E-state index < -0.39 is 0 Å². The molecule has 1 aromatic carbocycles. The standard InChI is InChI=1S/C16H24N2O/c1-12(15-6-2-3-7-16(15)19)17-13-8-10-18-9-4-5-14(18)11-13/h2-3,6-7,12-14,17,19H,4-5,8-11H2,1H3. The Hall–Kier alpha value is -1.06. The lowest BCUT2D eigenvalue weighted by atomic mass is 9.96. The summed E-state index contributed by atoms with van der Waals surface area (Å²) >= 11 is 0. The van der Waals surface area contributed by atoms with Gasteiger partial charge in [0.25, 0.3) is 0 Å². The lowest BCUT2D eigenvalue weighted by Crippen LogP contribution is -2.46. The molecule has 1 aromatic rings. The van der Waals surface area contributed by atoms with Crippen LogP contribution in [0.1, 0.15) is 44.2 Å². The highest BCUT2D eigenvalue weighted by molar-refractivity contribution is 5.34. The second-order valence-corrected chi connectivity index (χ2v) is 6.00. The topological polar surface area (TPSA) is 35.5 Å². The van der Waals surface area contributed by atoms with Gasteiger partial charge in [0.1, 0.15) is 5.75 Å². The molecule has 2 fully saturated rings. The van der Waals surface area contributed by atoms with Crippen LogP contribution in [-0.4, -0.2) is 35.2 Å². The average Bonchev–Trinajstić information content (AvgIpc) is 2.86. The molecule has 2 saturated heterocycles. The molecule has 2 N–H and O–H groups in total. The van der Waals surface area contributed by atoms with Gasteiger partial charge in [0.15, 0.2) is 0 Å². The number of nitrogens with zero attached hydrogens (tertiary/aromatic N) is 1. The van der Waals surface area contributed by atoms with Gasteiger partial charge in [-0.25, -0.2) is 0 Å². The van der Waals surface area contributed by atoms with Crippen molar-refractivity contribution in [3.8, 4) is 5.75 Å². The molecule has 3 rings (SSSR count). The van der Waals surface area contributed by atoms with Crippen LogP contribution >= 0.6 is 0 Å². The number of fused-ring (bicyclic) bond motifs is 1. The van der Waals surface area contributed by atoms with E-state index >= 15 is 0 Å². The van der Waals surface area contributed by atoms with Crippen molar-refractivity contribution >= 4 is 0 Å². The first-order valence-corrected chi connectivity index (χ1v) is 7.52. The summed E-state index contributed by atoms with van der Waals surface area (Å²) in [6.07, 6.45) is 5.22. The summed E-state index contributed by atoms with van der Waals surface area (Å²) in [4.78, 5) is 2.64. The highest BCUT2D eigenvalue weighted by atomic mass is 16.3. The summed E-state index contributed by atoms with van der Waals surface area (Å²) in [7, 11) is 0. The van der Waals surface area contributed by atoms with E-state index in [2.05, 4.69) is 17.1 Å². The van der Waals surface area contributed by atoms with Gasteiger partial charge in [-0.15, -0.1) is 0 Å². The number of hydrogen-bond acceptors (Lipinski definition) is 3. The van der Waals surface area contributed by atoms with E-state index in [4.69, 9.17) is 0 Å². The van der Waals surface area contributed by atoms with Crippen molar-refractivity contribution in [1.29, 1.82) is 0 Å². The largest absolute Gasteiger partial charge is 0.508 e. The second kappa shape index (κ2) is 5.51. The normalized spacial score (nSPS) is 29.1. The van der Waals surface area contributed by atoms with E-state index in [-0.39, 0.29) is 6.04 Å². The summed E-state index contributed by atoms with van der Waals surface area (Å²) in [6, 6.07) is 9.26. The van der Waals surface area contributed by atoms with Crippen molar-refractivity contribution < 1.29 is 5.11 Å². The molecule has 3 nitrogen and oxygen atoms in total. The van der Waals surface area contributed by atoms with Gasteiger partial charge in [-0.2, -0.15) is 0 Å². The first-order chi connectivity index (χ1) is 9.24. The fourth-order valence-electron chi connectivity index (χ4n) is 3.67. The van der Waals surface area contributed by atoms with E-state index in [1.807, 2.05) is 18.2 Å². The third-order valence-corrected chi connectivity index (χ3v) is 4.71. The van der Waals surface area contributed by atoms with Crippen LogP contribution in [-0.2, 0) is 0 Å². The highest BCUT2D eigenvalue weighted by Crippen LogP contribution is 2.29. The zero-order chi connectivity index (χ0) is 13.2. The minimum atomic E-state index is 0.221. The molecule has 2 aliphatic rings. The molecule has 3 heteroatoms. The molecule has 0 aliphatic carbocycles. The molecule has 2 aliphatic heterocycles. The van der Waals surface area contributed by atoms with Crippen LogP contribution in [0.2, 0.25) is 0 Å². The van der Waals surface area contributed by atoms with Crippen molar-refractivity contribution in [2.24, 2.45) is 0 Å². The smallest absolute Gasteiger partial charge is 0.120 e. The molecule has 3 unspecified atom stereocenters. The lowest BCUT2D eigenvalue weighted by molar-refractivity contribution is 0.162. The van der Waals surface area contributed by atoms with Gasteiger partial charge in [0.05, 0.1) is 0 Å². The maximum atomic E-state index is 9.91. The van der Waals surface area contributed by atoms with Gasteiger partial charge < -0.3 is 15.3 Å². The predicted molar refractivity (Wildman–Crippen MR) is 77.3 cm³/mol. The maximum Gasteiger partial charge on any atom is 0.120 e. The number of phenolic OH excluding ortho intramolecular Hbond substituents is 1. The Morgan fingerprint density at radius 1 is 1.26 bits per heavy atom. The predicted octanol–water partition coefficient (Wildman–Crippen LogP) is 2.67. The number of para-hydroxylation sites is 1. The molecule has 0 aromatic heterocycles. The van der Waals surface area contributed by atoms with Crippen LogP contribution < -0.4 is 5.32 Å². The Kier molecular flexibility index (Phi) is 3.76. The zero-order valence-electron chi connectivity index (χ0n) is 11.7. The molecule has 0 saturated carbocycles. The summed E-state index contributed by atoms with van der Waals surface area (Å²) in [6.45, 7) is 4.68. The lowest BCUT2D eigenvalue weighted by Gasteiger charge is -2.36.